The Labute approximate surface area is 162 Å². The van der Waals surface area contributed by atoms with Crippen LogP contribution in [0.4, 0.5) is 0 Å². The lowest BCUT2D eigenvalue weighted by atomic mass is 10.1. The highest BCUT2D eigenvalue weighted by atomic mass is 32.2. The molecule has 1 aliphatic heterocycles. The van der Waals surface area contributed by atoms with Gasteiger partial charge in [0.25, 0.3) is 5.91 Å². The smallest absolute Gasteiger partial charge is 0.276 e. The zero-order valence-electron chi connectivity index (χ0n) is 15.1. The lowest BCUT2D eigenvalue weighted by Gasteiger charge is -2.31. The largest absolute Gasteiger partial charge is 0.468 e. The Bertz CT molecular complexity index is 1040. The third-order valence-corrected chi connectivity index (χ3v) is 7.03. The quantitative estimate of drug-likeness (QED) is 0.650. The number of rotatable bonds is 5. The van der Waals surface area contributed by atoms with Crippen LogP contribution >= 0.6 is 0 Å². The topological polar surface area (TPSA) is 98.3 Å². The van der Waals surface area contributed by atoms with Crippen LogP contribution in [0.1, 0.15) is 29.1 Å². The van der Waals surface area contributed by atoms with Crippen molar-refractivity contribution in [1.29, 1.82) is 0 Å². The lowest BCUT2D eigenvalue weighted by Crippen LogP contribution is -2.42. The van der Waals surface area contributed by atoms with Gasteiger partial charge in [-0.05, 0) is 37.1 Å². The SMILES string of the molecule is O=C(c1cnn(-c2ccccc2)n1)N1CCC(S(=O)(=O)Cc2ccco2)CC1. The summed E-state index contributed by atoms with van der Waals surface area (Å²) in [5, 5.41) is 7.94. The Morgan fingerprint density at radius 2 is 1.86 bits per heavy atom. The van der Waals surface area contributed by atoms with Crippen LogP contribution < -0.4 is 0 Å². The van der Waals surface area contributed by atoms with Gasteiger partial charge < -0.3 is 9.32 Å². The number of para-hydroxylation sites is 1. The van der Waals surface area contributed by atoms with E-state index in [1.165, 1.54) is 17.3 Å². The van der Waals surface area contributed by atoms with Crippen molar-refractivity contribution in [3.05, 3.63) is 66.4 Å². The first-order chi connectivity index (χ1) is 13.5. The van der Waals surface area contributed by atoms with E-state index < -0.39 is 15.1 Å². The van der Waals surface area contributed by atoms with Crippen LogP contribution in [0, 0.1) is 0 Å². The van der Waals surface area contributed by atoms with E-state index in [1.54, 1.807) is 17.0 Å². The number of carbonyl (C=O) groups is 1. The standard InChI is InChI=1S/C19H20N4O4S/c24-19(18-13-20-23(21-18)15-5-2-1-3-6-15)22-10-8-17(9-11-22)28(25,26)14-16-7-4-12-27-16/h1-7,12-13,17H,8-11,14H2. The van der Waals surface area contributed by atoms with Crippen LogP contribution in [0.25, 0.3) is 5.69 Å². The Morgan fingerprint density at radius 3 is 2.54 bits per heavy atom. The summed E-state index contributed by atoms with van der Waals surface area (Å²) in [6.45, 7) is 0.748. The number of carbonyl (C=O) groups excluding carboxylic acids is 1. The first-order valence-corrected chi connectivity index (χ1v) is 10.8. The molecule has 0 saturated carbocycles. The number of likely N-dealkylation sites (tertiary alicyclic amines) is 1. The fourth-order valence-corrected chi connectivity index (χ4v) is 5.06. The summed E-state index contributed by atoms with van der Waals surface area (Å²) < 4.78 is 30.3. The van der Waals surface area contributed by atoms with Crippen molar-refractivity contribution < 1.29 is 17.6 Å². The molecular weight excluding hydrogens is 380 g/mol. The van der Waals surface area contributed by atoms with Crippen LogP contribution in [-0.2, 0) is 15.6 Å². The Morgan fingerprint density at radius 1 is 1.11 bits per heavy atom. The molecule has 0 spiro atoms. The van der Waals surface area contributed by atoms with E-state index in [2.05, 4.69) is 10.2 Å². The van der Waals surface area contributed by atoms with Crippen molar-refractivity contribution in [3.8, 4) is 5.69 Å². The van der Waals surface area contributed by atoms with Gasteiger partial charge in [-0.25, -0.2) is 8.42 Å². The molecule has 3 heterocycles. The van der Waals surface area contributed by atoms with Crippen molar-refractivity contribution in [1.82, 2.24) is 19.9 Å². The average molecular weight is 400 g/mol. The van der Waals surface area contributed by atoms with E-state index in [0.717, 1.165) is 5.69 Å². The number of aromatic nitrogens is 3. The fourth-order valence-electron chi connectivity index (χ4n) is 3.34. The van der Waals surface area contributed by atoms with Gasteiger partial charge in [0, 0.05) is 13.1 Å². The number of nitrogens with zero attached hydrogens (tertiary/aromatic N) is 4. The lowest BCUT2D eigenvalue weighted by molar-refractivity contribution is 0.0719. The first-order valence-electron chi connectivity index (χ1n) is 9.04. The van der Waals surface area contributed by atoms with E-state index in [1.807, 2.05) is 30.3 Å². The second-order valence-electron chi connectivity index (χ2n) is 6.73. The Hall–Kier alpha value is -2.94. The van der Waals surface area contributed by atoms with Gasteiger partial charge in [0.05, 0.1) is 23.4 Å². The van der Waals surface area contributed by atoms with Gasteiger partial charge in [0.1, 0.15) is 11.5 Å². The van der Waals surface area contributed by atoms with Gasteiger partial charge >= 0.3 is 0 Å². The summed E-state index contributed by atoms with van der Waals surface area (Å²) in [6.07, 6.45) is 3.72. The minimum absolute atomic E-state index is 0.107. The van der Waals surface area contributed by atoms with Crippen molar-refractivity contribution in [2.45, 2.75) is 23.8 Å². The summed E-state index contributed by atoms with van der Waals surface area (Å²) in [5.74, 6) is 0.101. The van der Waals surface area contributed by atoms with Gasteiger partial charge in [0.15, 0.2) is 15.5 Å². The number of furan rings is 1. The number of hydrogen-bond acceptors (Lipinski definition) is 6. The van der Waals surface area contributed by atoms with Gasteiger partial charge in [-0.3, -0.25) is 4.79 Å². The minimum Gasteiger partial charge on any atom is -0.468 e. The summed E-state index contributed by atoms with van der Waals surface area (Å²) in [5.41, 5.74) is 1.02. The molecule has 9 heteroatoms. The molecule has 1 fully saturated rings. The van der Waals surface area contributed by atoms with Crippen molar-refractivity contribution in [2.24, 2.45) is 0 Å². The molecule has 2 aromatic heterocycles. The monoisotopic (exact) mass is 400 g/mol. The molecule has 8 nitrogen and oxygen atoms in total. The zero-order chi connectivity index (χ0) is 19.6. The third kappa shape index (κ3) is 3.84. The number of hydrogen-bond donors (Lipinski definition) is 0. The van der Waals surface area contributed by atoms with E-state index in [0.29, 0.717) is 31.7 Å². The van der Waals surface area contributed by atoms with E-state index in [9.17, 15) is 13.2 Å². The van der Waals surface area contributed by atoms with Crippen molar-refractivity contribution in [3.63, 3.8) is 0 Å². The number of sulfone groups is 1. The molecule has 4 rings (SSSR count). The normalized spacial score (nSPS) is 15.6. The van der Waals surface area contributed by atoms with Crippen LogP contribution in [0.15, 0.2) is 59.3 Å². The Kier molecular flexibility index (Phi) is 4.99. The molecule has 0 atom stereocenters. The minimum atomic E-state index is -3.32. The van der Waals surface area contributed by atoms with Crippen LogP contribution in [0.5, 0.6) is 0 Å². The maximum absolute atomic E-state index is 12.7. The molecule has 0 unspecified atom stereocenters. The van der Waals surface area contributed by atoms with Gasteiger partial charge in [-0.2, -0.15) is 9.90 Å². The van der Waals surface area contributed by atoms with Gasteiger partial charge in [0.2, 0.25) is 0 Å². The van der Waals surface area contributed by atoms with Crippen LogP contribution in [-0.4, -0.2) is 52.6 Å². The van der Waals surface area contributed by atoms with E-state index in [4.69, 9.17) is 4.42 Å². The Balaban J connectivity index is 1.38. The zero-order valence-corrected chi connectivity index (χ0v) is 16.0. The molecule has 1 aliphatic rings. The average Bonchev–Trinajstić information content (AvgIpc) is 3.40. The predicted molar refractivity (Wildman–Crippen MR) is 102 cm³/mol. The van der Waals surface area contributed by atoms with Gasteiger partial charge in [-0.15, -0.1) is 5.10 Å². The molecule has 0 radical (unpaired) electrons. The second kappa shape index (κ2) is 7.59. The molecule has 0 aliphatic carbocycles. The van der Waals surface area contributed by atoms with E-state index in [-0.39, 0.29) is 17.4 Å². The maximum Gasteiger partial charge on any atom is 0.276 e. The summed E-state index contributed by atoms with van der Waals surface area (Å²) in [4.78, 5) is 15.8. The molecule has 3 aromatic rings. The highest BCUT2D eigenvalue weighted by Gasteiger charge is 2.33. The van der Waals surface area contributed by atoms with Crippen molar-refractivity contribution >= 4 is 15.7 Å². The molecule has 0 N–H and O–H groups in total. The number of piperidine rings is 1. The molecule has 146 valence electrons. The molecule has 1 aromatic carbocycles. The van der Waals surface area contributed by atoms with E-state index >= 15 is 0 Å². The van der Waals surface area contributed by atoms with Crippen molar-refractivity contribution in [2.75, 3.05) is 13.1 Å². The molecule has 28 heavy (non-hydrogen) atoms. The summed E-state index contributed by atoms with van der Waals surface area (Å²) >= 11 is 0. The number of amides is 1. The molecule has 1 saturated heterocycles. The second-order valence-corrected chi connectivity index (χ2v) is 9.01. The third-order valence-electron chi connectivity index (χ3n) is 4.86. The molecule has 1 amide bonds. The predicted octanol–water partition coefficient (Wildman–Crippen LogP) is 2.08. The molecule has 0 bridgehead atoms. The molecular formula is C19H20N4O4S. The fraction of sp³-hybridized carbons (Fsp3) is 0.316. The van der Waals surface area contributed by atoms with Gasteiger partial charge in [-0.1, -0.05) is 18.2 Å². The number of benzene rings is 1. The summed E-state index contributed by atoms with van der Waals surface area (Å²) in [7, 11) is -3.32. The van der Waals surface area contributed by atoms with Crippen LogP contribution in [0.2, 0.25) is 0 Å². The summed E-state index contributed by atoms with van der Waals surface area (Å²) in [6, 6.07) is 12.7. The maximum atomic E-state index is 12.7. The first kappa shape index (κ1) is 18.4. The highest BCUT2D eigenvalue weighted by molar-refractivity contribution is 7.91. The highest BCUT2D eigenvalue weighted by Crippen LogP contribution is 2.22. The van der Waals surface area contributed by atoms with Crippen LogP contribution in [0.3, 0.4) is 0 Å².